The van der Waals surface area contributed by atoms with Gasteiger partial charge in [-0.15, -0.1) is 0 Å². The summed E-state index contributed by atoms with van der Waals surface area (Å²) in [7, 11) is -0.764. The van der Waals surface area contributed by atoms with E-state index >= 15 is 0 Å². The van der Waals surface area contributed by atoms with Gasteiger partial charge in [0.25, 0.3) is 5.91 Å². The van der Waals surface area contributed by atoms with Gasteiger partial charge in [0.05, 0.1) is 17.6 Å². The third-order valence-corrected chi connectivity index (χ3v) is 6.22. The fourth-order valence-electron chi connectivity index (χ4n) is 2.98. The lowest BCUT2D eigenvalue weighted by atomic mass is 10.0. The summed E-state index contributed by atoms with van der Waals surface area (Å²) in [6.07, 6.45) is 0.674. The van der Waals surface area contributed by atoms with E-state index < -0.39 is 15.9 Å². The van der Waals surface area contributed by atoms with Crippen molar-refractivity contribution >= 4 is 15.9 Å². The van der Waals surface area contributed by atoms with Crippen LogP contribution in [0, 0.1) is 0 Å². The van der Waals surface area contributed by atoms with Crippen molar-refractivity contribution in [3.8, 4) is 5.75 Å². The maximum atomic E-state index is 13.0. The zero-order valence-electron chi connectivity index (χ0n) is 14.2. The molecular weight excluding hydrogens is 340 g/mol. The number of nitrogens with zero attached hydrogens (tertiary/aromatic N) is 1. The van der Waals surface area contributed by atoms with Crippen molar-refractivity contribution in [2.24, 2.45) is 0 Å². The molecule has 1 heterocycles. The molecule has 0 fully saturated rings. The molecule has 1 aliphatic rings. The second-order valence-electron chi connectivity index (χ2n) is 5.80. The Kier molecular flexibility index (Phi) is 4.78. The normalized spacial score (nSPS) is 14.6. The van der Waals surface area contributed by atoms with Crippen LogP contribution in [0.4, 0.5) is 0 Å². The lowest BCUT2D eigenvalue weighted by molar-refractivity contribution is 0.0960. The number of methoxy groups -OCH3 is 1. The summed E-state index contributed by atoms with van der Waals surface area (Å²) in [6, 6.07) is 12.2. The highest BCUT2D eigenvalue weighted by Crippen LogP contribution is 2.28. The van der Waals surface area contributed by atoms with E-state index in [-0.39, 0.29) is 10.5 Å². The van der Waals surface area contributed by atoms with Crippen molar-refractivity contribution in [1.29, 1.82) is 0 Å². The van der Waals surface area contributed by atoms with E-state index in [1.54, 1.807) is 0 Å². The minimum absolute atomic E-state index is 0.0891. The van der Waals surface area contributed by atoms with Crippen LogP contribution >= 0.6 is 0 Å². The van der Waals surface area contributed by atoms with Gasteiger partial charge in [0.1, 0.15) is 5.75 Å². The van der Waals surface area contributed by atoms with Crippen molar-refractivity contribution < 1.29 is 17.9 Å². The van der Waals surface area contributed by atoms with Crippen LogP contribution in [0.3, 0.4) is 0 Å². The molecule has 132 valence electrons. The largest absolute Gasteiger partial charge is 0.496 e. The van der Waals surface area contributed by atoms with E-state index in [4.69, 9.17) is 4.74 Å². The maximum absolute atomic E-state index is 13.0. The number of carbonyl (C=O) groups is 1. The predicted molar refractivity (Wildman–Crippen MR) is 94.1 cm³/mol. The average molecular weight is 360 g/mol. The molecule has 1 amide bonds. The van der Waals surface area contributed by atoms with Crippen LogP contribution in [0.15, 0.2) is 47.4 Å². The van der Waals surface area contributed by atoms with Crippen LogP contribution in [0.25, 0.3) is 0 Å². The van der Waals surface area contributed by atoms with Gasteiger partial charge in [-0.25, -0.2) is 8.42 Å². The quantitative estimate of drug-likeness (QED) is 0.902. The summed E-state index contributed by atoms with van der Waals surface area (Å²) >= 11 is 0. The monoisotopic (exact) mass is 360 g/mol. The van der Waals surface area contributed by atoms with Crippen molar-refractivity contribution in [3.63, 3.8) is 0 Å². The Morgan fingerprint density at radius 1 is 1.16 bits per heavy atom. The number of fused-ring (bicyclic) bond motifs is 1. The van der Waals surface area contributed by atoms with E-state index in [1.807, 2.05) is 24.3 Å². The highest BCUT2D eigenvalue weighted by molar-refractivity contribution is 7.89. The Hall–Kier alpha value is -2.38. The Morgan fingerprint density at radius 2 is 1.88 bits per heavy atom. The first-order valence-electron chi connectivity index (χ1n) is 7.94. The molecule has 7 heteroatoms. The standard InChI is InChI=1S/C18H20N2O4S/c1-19-18(21)16-11-15(7-8-17(16)24-2)25(22,23)20-10-9-13-5-3-4-6-14(13)12-20/h3-8,11H,9-10,12H2,1-2H3,(H,19,21). The molecule has 6 nitrogen and oxygen atoms in total. The Bertz CT molecular complexity index is 909. The van der Waals surface area contributed by atoms with E-state index in [1.165, 1.54) is 42.2 Å². The number of nitrogens with one attached hydrogen (secondary N) is 1. The van der Waals surface area contributed by atoms with Gasteiger partial charge in [-0.1, -0.05) is 24.3 Å². The number of carbonyl (C=O) groups excluding carboxylic acids is 1. The number of amides is 1. The van der Waals surface area contributed by atoms with Gasteiger partial charge in [-0.2, -0.15) is 4.31 Å². The molecule has 0 atom stereocenters. The van der Waals surface area contributed by atoms with Gasteiger partial charge >= 0.3 is 0 Å². The van der Waals surface area contributed by atoms with Gasteiger partial charge in [0, 0.05) is 20.1 Å². The summed E-state index contributed by atoms with van der Waals surface area (Å²) in [5, 5.41) is 2.50. The first kappa shape index (κ1) is 17.4. The summed E-state index contributed by atoms with van der Waals surface area (Å²) in [6.45, 7) is 0.751. The minimum atomic E-state index is -3.70. The molecule has 1 aliphatic heterocycles. The molecule has 0 saturated carbocycles. The summed E-state index contributed by atoms with van der Waals surface area (Å²) in [5.41, 5.74) is 2.38. The molecule has 25 heavy (non-hydrogen) atoms. The second-order valence-corrected chi connectivity index (χ2v) is 7.74. The first-order valence-corrected chi connectivity index (χ1v) is 9.38. The molecule has 3 rings (SSSR count). The van der Waals surface area contributed by atoms with Crippen LogP contribution in [-0.4, -0.2) is 39.3 Å². The zero-order valence-corrected chi connectivity index (χ0v) is 15.0. The number of rotatable bonds is 4. The SMILES string of the molecule is CNC(=O)c1cc(S(=O)(=O)N2CCc3ccccc3C2)ccc1OC. The molecule has 1 N–H and O–H groups in total. The predicted octanol–water partition coefficient (Wildman–Crippen LogP) is 1.80. The molecule has 0 bridgehead atoms. The third-order valence-electron chi connectivity index (χ3n) is 4.38. The van der Waals surface area contributed by atoms with Crippen LogP contribution < -0.4 is 10.1 Å². The number of ether oxygens (including phenoxy) is 1. The molecule has 0 radical (unpaired) electrons. The zero-order chi connectivity index (χ0) is 18.0. The lowest BCUT2D eigenvalue weighted by Crippen LogP contribution is -2.36. The molecule has 2 aromatic rings. The fraction of sp³-hybridized carbons (Fsp3) is 0.278. The molecule has 0 saturated heterocycles. The molecule has 2 aromatic carbocycles. The number of benzene rings is 2. The van der Waals surface area contributed by atoms with Gasteiger partial charge in [-0.05, 0) is 35.7 Å². The van der Waals surface area contributed by atoms with E-state index in [0.717, 1.165) is 5.56 Å². The number of hydrogen-bond acceptors (Lipinski definition) is 4. The van der Waals surface area contributed by atoms with Crippen molar-refractivity contribution in [1.82, 2.24) is 9.62 Å². The second kappa shape index (κ2) is 6.85. The van der Waals surface area contributed by atoms with Crippen molar-refractivity contribution in [3.05, 3.63) is 59.2 Å². The Labute approximate surface area is 147 Å². The Balaban J connectivity index is 1.97. The lowest BCUT2D eigenvalue weighted by Gasteiger charge is -2.28. The van der Waals surface area contributed by atoms with Gasteiger partial charge in [-0.3, -0.25) is 4.79 Å². The topological polar surface area (TPSA) is 75.7 Å². The molecule has 0 unspecified atom stereocenters. The van der Waals surface area contributed by atoms with Crippen molar-refractivity contribution in [2.75, 3.05) is 20.7 Å². The molecular formula is C18H20N2O4S. The van der Waals surface area contributed by atoms with Gasteiger partial charge < -0.3 is 10.1 Å². The van der Waals surface area contributed by atoms with Crippen LogP contribution in [-0.2, 0) is 23.0 Å². The van der Waals surface area contributed by atoms with Crippen LogP contribution in [0.5, 0.6) is 5.75 Å². The molecule has 0 aliphatic carbocycles. The summed E-state index contributed by atoms with van der Waals surface area (Å²) in [5.74, 6) is -0.0554. The average Bonchev–Trinajstić information content (AvgIpc) is 2.66. The fourth-order valence-corrected chi connectivity index (χ4v) is 4.43. The summed E-state index contributed by atoms with van der Waals surface area (Å²) < 4.78 is 32.6. The van der Waals surface area contributed by atoms with E-state index in [9.17, 15) is 13.2 Å². The molecule has 0 aromatic heterocycles. The van der Waals surface area contributed by atoms with Crippen LogP contribution in [0.2, 0.25) is 0 Å². The smallest absolute Gasteiger partial charge is 0.254 e. The highest BCUT2D eigenvalue weighted by Gasteiger charge is 2.29. The molecule has 0 spiro atoms. The first-order chi connectivity index (χ1) is 12.0. The third kappa shape index (κ3) is 3.25. The highest BCUT2D eigenvalue weighted by atomic mass is 32.2. The number of hydrogen-bond donors (Lipinski definition) is 1. The maximum Gasteiger partial charge on any atom is 0.254 e. The van der Waals surface area contributed by atoms with Gasteiger partial charge in [0.15, 0.2) is 0 Å². The Morgan fingerprint density at radius 3 is 2.56 bits per heavy atom. The number of sulfonamides is 1. The van der Waals surface area contributed by atoms with Gasteiger partial charge in [0.2, 0.25) is 10.0 Å². The van der Waals surface area contributed by atoms with Crippen molar-refractivity contribution in [2.45, 2.75) is 17.9 Å². The minimum Gasteiger partial charge on any atom is -0.496 e. The summed E-state index contributed by atoms with van der Waals surface area (Å²) in [4.78, 5) is 12.1. The van der Waals surface area contributed by atoms with Crippen LogP contribution in [0.1, 0.15) is 21.5 Å². The van der Waals surface area contributed by atoms with E-state index in [0.29, 0.717) is 25.3 Å². The van der Waals surface area contributed by atoms with E-state index in [2.05, 4.69) is 5.32 Å².